The summed E-state index contributed by atoms with van der Waals surface area (Å²) >= 11 is 0. The summed E-state index contributed by atoms with van der Waals surface area (Å²) in [5.74, 6) is 0. The summed E-state index contributed by atoms with van der Waals surface area (Å²) < 4.78 is 111. The summed E-state index contributed by atoms with van der Waals surface area (Å²) in [7, 11) is -12.9. The minimum absolute atomic E-state index is 0.519. The average molecular weight is 322 g/mol. The van der Waals surface area contributed by atoms with Crippen molar-refractivity contribution in [3.05, 3.63) is 0 Å². The summed E-state index contributed by atoms with van der Waals surface area (Å²) in [4.78, 5) is 0. The molecule has 0 aromatic heterocycles. The third-order valence-corrected chi connectivity index (χ3v) is 5.45. The van der Waals surface area contributed by atoms with Crippen molar-refractivity contribution in [3.8, 4) is 0 Å². The highest BCUT2D eigenvalue weighted by Gasteiger charge is 2.63. The van der Waals surface area contributed by atoms with Crippen LogP contribution in [0.3, 0.4) is 0 Å². The van der Waals surface area contributed by atoms with Crippen molar-refractivity contribution in [1.29, 1.82) is 0 Å². The highest BCUT2D eigenvalue weighted by atomic mass is 32.3. The third-order valence-electron chi connectivity index (χ3n) is 1.39. The van der Waals surface area contributed by atoms with E-state index < -0.39 is 35.4 Å². The second-order valence-corrected chi connectivity index (χ2v) is 6.90. The van der Waals surface area contributed by atoms with Crippen molar-refractivity contribution in [1.82, 2.24) is 0 Å². The lowest BCUT2D eigenvalue weighted by Gasteiger charge is -2.16. The van der Waals surface area contributed by atoms with Crippen molar-refractivity contribution >= 4 is 19.7 Å². The zero-order valence-electron chi connectivity index (χ0n) is 8.19. The number of nitrogens with zero attached hydrogens (tertiary/aromatic N) is 2. The topological polar surface area (TPSA) is 93.0 Å². The molecule has 0 saturated carbocycles. The Balaban J connectivity index is 6.13. The van der Waals surface area contributed by atoms with Gasteiger partial charge in [0.25, 0.3) is 24.4 Å². The summed E-state index contributed by atoms with van der Waals surface area (Å²) in [5.41, 5.74) is -12.4. The molecule has 6 nitrogen and oxygen atoms in total. The Bertz CT molecular complexity index is 485. The van der Waals surface area contributed by atoms with Crippen molar-refractivity contribution in [2.24, 2.45) is 10.2 Å². The third kappa shape index (κ3) is 2.90. The fraction of sp³-hybridized carbons (Fsp3) is 1.00. The minimum atomic E-state index is -6.71. The molecular weight excluding hydrogens is 318 g/mol. The van der Waals surface area contributed by atoms with Crippen LogP contribution >= 0.6 is 0 Å². The molecule has 108 valence electrons. The maximum absolute atomic E-state index is 12.0. The van der Waals surface area contributed by atoms with Gasteiger partial charge in [-0.1, -0.05) is 0 Å². The molecule has 18 heavy (non-hydrogen) atoms. The van der Waals surface area contributed by atoms with Gasteiger partial charge in [-0.2, -0.15) is 36.6 Å². The number of azo groups is 1. The monoisotopic (exact) mass is 322 g/mol. The molecule has 0 rings (SSSR count). The average Bonchev–Trinajstić information content (AvgIpc) is 2.09. The highest BCUT2D eigenvalue weighted by molar-refractivity contribution is 8.09. The Hall–Kier alpha value is -0.920. The zero-order valence-corrected chi connectivity index (χ0v) is 9.82. The molecule has 0 aliphatic rings. The van der Waals surface area contributed by atoms with Gasteiger partial charge in [0, 0.05) is 7.05 Å². The number of hydrogen-bond acceptors (Lipinski definition) is 6. The number of halogens is 6. The van der Waals surface area contributed by atoms with E-state index in [1.807, 2.05) is 5.11 Å². The van der Waals surface area contributed by atoms with Crippen LogP contribution in [0.15, 0.2) is 10.2 Å². The first-order valence-corrected chi connectivity index (χ1v) is 6.68. The van der Waals surface area contributed by atoms with E-state index in [1.54, 1.807) is 0 Å². The van der Waals surface area contributed by atoms with Crippen LogP contribution in [0.1, 0.15) is 0 Å². The number of sulfone groups is 2. The molecule has 0 aliphatic heterocycles. The molecule has 0 radical (unpaired) electrons. The van der Waals surface area contributed by atoms with Gasteiger partial charge in [-0.05, 0) is 0 Å². The van der Waals surface area contributed by atoms with Gasteiger partial charge in [-0.3, -0.25) is 0 Å². The number of alkyl halides is 6. The molecule has 0 N–H and O–H groups in total. The van der Waals surface area contributed by atoms with E-state index in [0.717, 1.165) is 0 Å². The van der Waals surface area contributed by atoms with Crippen LogP contribution in [0.5, 0.6) is 0 Å². The largest absolute Gasteiger partial charge is 0.500 e. The molecule has 0 atom stereocenters. The normalized spacial score (nSPS) is 15.6. The first-order chi connectivity index (χ1) is 7.69. The van der Waals surface area contributed by atoms with Gasteiger partial charge < -0.3 is 0 Å². The van der Waals surface area contributed by atoms with Crippen LogP contribution in [-0.4, -0.2) is 39.6 Å². The lowest BCUT2D eigenvalue weighted by Crippen LogP contribution is -2.43. The van der Waals surface area contributed by atoms with Crippen molar-refractivity contribution in [2.45, 2.75) is 15.7 Å². The van der Waals surface area contributed by atoms with Crippen LogP contribution in [0, 0.1) is 0 Å². The van der Waals surface area contributed by atoms with E-state index in [-0.39, 0.29) is 0 Å². The van der Waals surface area contributed by atoms with Crippen LogP contribution in [0.2, 0.25) is 0 Å². The Kier molecular flexibility index (Phi) is 4.40. The van der Waals surface area contributed by atoms with Crippen LogP contribution in [0.25, 0.3) is 0 Å². The van der Waals surface area contributed by atoms with Gasteiger partial charge in [0.2, 0.25) is 0 Å². The van der Waals surface area contributed by atoms with E-state index in [2.05, 4.69) is 5.11 Å². The van der Waals surface area contributed by atoms with Gasteiger partial charge >= 0.3 is 11.0 Å². The number of hydrogen-bond donors (Lipinski definition) is 0. The summed E-state index contributed by atoms with van der Waals surface area (Å²) in [6, 6.07) is 0. The van der Waals surface area contributed by atoms with Crippen molar-refractivity contribution in [2.75, 3.05) is 7.05 Å². The maximum Gasteiger partial charge on any atom is 0.500 e. The Morgan fingerprint density at radius 1 is 0.833 bits per heavy atom. The molecular formula is C4H4F6N2O4S2. The zero-order chi connectivity index (χ0) is 15.0. The molecule has 0 fully saturated rings. The molecule has 0 aromatic carbocycles. The maximum atomic E-state index is 12.0. The quantitative estimate of drug-likeness (QED) is 0.577. The first kappa shape index (κ1) is 17.1. The van der Waals surface area contributed by atoms with Crippen LogP contribution in [0.4, 0.5) is 26.3 Å². The van der Waals surface area contributed by atoms with E-state index in [9.17, 15) is 43.2 Å². The first-order valence-electron chi connectivity index (χ1n) is 3.59. The molecule has 0 aliphatic carbocycles. The molecule has 0 unspecified atom stereocenters. The van der Waals surface area contributed by atoms with Gasteiger partial charge in [-0.25, -0.2) is 16.8 Å². The predicted molar refractivity (Wildman–Crippen MR) is 44.5 cm³/mol. The van der Waals surface area contributed by atoms with Crippen LogP contribution in [-0.2, 0) is 19.7 Å². The standard InChI is InChI=1S/C4H4F6N2O4S2/c1-11-12-2(17(13,14)3(5,6)7)18(15,16)4(8,9)10/h2H,1H3. The van der Waals surface area contributed by atoms with Gasteiger partial charge in [-0.15, -0.1) is 0 Å². The number of rotatable bonds is 3. The highest BCUT2D eigenvalue weighted by Crippen LogP contribution is 2.36. The summed E-state index contributed by atoms with van der Waals surface area (Å²) in [5, 5.41) is 4.37. The second-order valence-electron chi connectivity index (χ2n) is 2.60. The van der Waals surface area contributed by atoms with Crippen LogP contribution < -0.4 is 0 Å². The summed E-state index contributed by atoms with van der Waals surface area (Å²) in [6.45, 7) is 0. The molecule has 0 aromatic rings. The predicted octanol–water partition coefficient (Wildman–Crippen LogP) is 1.22. The fourth-order valence-electron chi connectivity index (χ4n) is 0.614. The van der Waals surface area contributed by atoms with Gasteiger partial charge in [0.05, 0.1) is 0 Å². The summed E-state index contributed by atoms with van der Waals surface area (Å²) in [6.07, 6.45) is 0. The SMILES string of the molecule is CN=NC(S(=O)(=O)C(F)(F)F)S(=O)(=O)C(F)(F)F. The molecule has 14 heteroatoms. The van der Waals surface area contributed by atoms with E-state index in [0.29, 0.717) is 7.05 Å². The van der Waals surface area contributed by atoms with Crippen molar-refractivity contribution in [3.63, 3.8) is 0 Å². The van der Waals surface area contributed by atoms with E-state index >= 15 is 0 Å². The fourth-order valence-corrected chi connectivity index (χ4v) is 3.50. The Labute approximate surface area is 96.5 Å². The molecule has 0 bridgehead atoms. The smallest absolute Gasteiger partial charge is 0.216 e. The Morgan fingerprint density at radius 3 is 1.28 bits per heavy atom. The van der Waals surface area contributed by atoms with Gasteiger partial charge in [0.15, 0.2) is 0 Å². The second kappa shape index (κ2) is 4.64. The lowest BCUT2D eigenvalue weighted by molar-refractivity contribution is -0.0471. The molecule has 0 amide bonds. The minimum Gasteiger partial charge on any atom is -0.216 e. The molecule has 0 spiro atoms. The Morgan fingerprint density at radius 2 is 1.11 bits per heavy atom. The molecule has 0 saturated heterocycles. The van der Waals surface area contributed by atoms with Crippen molar-refractivity contribution < 1.29 is 43.2 Å². The van der Waals surface area contributed by atoms with E-state index in [4.69, 9.17) is 0 Å². The van der Waals surface area contributed by atoms with Gasteiger partial charge in [0.1, 0.15) is 0 Å². The molecule has 0 heterocycles. The lowest BCUT2D eigenvalue weighted by atomic mass is 11.4. The van der Waals surface area contributed by atoms with E-state index in [1.165, 1.54) is 0 Å².